The molecule has 1 rings (SSSR count). The first-order valence-electron chi connectivity index (χ1n) is 6.10. The molecule has 3 nitrogen and oxygen atoms in total. The van der Waals surface area contributed by atoms with Crippen LogP contribution in [0.4, 0.5) is 0 Å². The Labute approximate surface area is 119 Å². The molecule has 0 atom stereocenters. The van der Waals surface area contributed by atoms with Gasteiger partial charge in [-0.3, -0.25) is 0 Å². The number of hydrogen-bond acceptors (Lipinski definition) is 3. The van der Waals surface area contributed by atoms with Crippen molar-refractivity contribution < 1.29 is 13.2 Å². The highest BCUT2D eigenvalue weighted by molar-refractivity contribution is 8.13. The fraction of sp³-hybridized carbons (Fsp3) is 0.429. The SMILES string of the molecule is C=CCCOc1cc(C(C)C)c(S(=O)(=O)Cl)cc1C. The zero-order valence-corrected chi connectivity index (χ0v) is 13.0. The molecule has 5 heteroatoms. The summed E-state index contributed by atoms with van der Waals surface area (Å²) < 4.78 is 28.8. The van der Waals surface area contributed by atoms with Crippen LogP contribution in [-0.2, 0) is 9.05 Å². The van der Waals surface area contributed by atoms with Crippen LogP contribution < -0.4 is 4.74 Å². The Morgan fingerprint density at radius 2 is 2.05 bits per heavy atom. The highest BCUT2D eigenvalue weighted by atomic mass is 35.7. The van der Waals surface area contributed by atoms with Gasteiger partial charge in [-0.25, -0.2) is 8.42 Å². The average Bonchev–Trinajstić information content (AvgIpc) is 2.29. The Hall–Kier alpha value is -1.00. The first kappa shape index (κ1) is 16.1. The van der Waals surface area contributed by atoms with Gasteiger partial charge in [-0.2, -0.15) is 0 Å². The maximum atomic E-state index is 11.6. The number of ether oxygens (including phenoxy) is 1. The minimum absolute atomic E-state index is 0.0471. The standard InChI is InChI=1S/C14H19ClO3S/c1-5-6-7-18-13-9-12(10(2)3)14(8-11(13)4)19(15,16)17/h5,8-10H,1,6-7H2,2-4H3. The molecule has 0 aromatic heterocycles. The molecule has 0 saturated carbocycles. The first-order valence-corrected chi connectivity index (χ1v) is 8.41. The molecule has 19 heavy (non-hydrogen) atoms. The molecule has 0 bridgehead atoms. The Balaban J connectivity index is 3.25. The van der Waals surface area contributed by atoms with E-state index in [-0.39, 0.29) is 10.8 Å². The lowest BCUT2D eigenvalue weighted by molar-refractivity contribution is 0.322. The van der Waals surface area contributed by atoms with Crippen LogP contribution in [0, 0.1) is 6.92 Å². The van der Waals surface area contributed by atoms with Gasteiger partial charge in [-0.1, -0.05) is 19.9 Å². The van der Waals surface area contributed by atoms with E-state index >= 15 is 0 Å². The maximum absolute atomic E-state index is 11.6. The van der Waals surface area contributed by atoms with Crippen molar-refractivity contribution in [2.45, 2.75) is 38.0 Å². The molecule has 0 unspecified atom stereocenters. The van der Waals surface area contributed by atoms with E-state index in [1.54, 1.807) is 25.1 Å². The van der Waals surface area contributed by atoms with Crippen LogP contribution in [0.3, 0.4) is 0 Å². The van der Waals surface area contributed by atoms with Crippen molar-refractivity contribution in [2.75, 3.05) is 6.61 Å². The Kier molecular flexibility index (Phi) is 5.44. The van der Waals surface area contributed by atoms with Gasteiger partial charge in [0.05, 0.1) is 11.5 Å². The number of rotatable bonds is 6. The Morgan fingerprint density at radius 1 is 1.42 bits per heavy atom. The van der Waals surface area contributed by atoms with Crippen molar-refractivity contribution in [1.29, 1.82) is 0 Å². The van der Waals surface area contributed by atoms with Gasteiger partial charge >= 0.3 is 0 Å². The average molecular weight is 303 g/mol. The fourth-order valence-electron chi connectivity index (χ4n) is 1.75. The number of benzene rings is 1. The molecule has 0 heterocycles. The highest BCUT2D eigenvalue weighted by Crippen LogP contribution is 2.32. The summed E-state index contributed by atoms with van der Waals surface area (Å²) >= 11 is 0. The lowest BCUT2D eigenvalue weighted by atomic mass is 10.0. The molecular weight excluding hydrogens is 284 g/mol. The molecule has 0 aliphatic carbocycles. The summed E-state index contributed by atoms with van der Waals surface area (Å²) in [6.07, 6.45) is 2.52. The third-order valence-electron chi connectivity index (χ3n) is 2.77. The van der Waals surface area contributed by atoms with E-state index in [2.05, 4.69) is 6.58 Å². The summed E-state index contributed by atoms with van der Waals surface area (Å²) in [5.41, 5.74) is 1.43. The predicted molar refractivity (Wildman–Crippen MR) is 78.6 cm³/mol. The molecule has 0 radical (unpaired) electrons. The van der Waals surface area contributed by atoms with Gasteiger partial charge in [0, 0.05) is 10.7 Å². The zero-order chi connectivity index (χ0) is 14.6. The maximum Gasteiger partial charge on any atom is 0.261 e. The van der Waals surface area contributed by atoms with E-state index < -0.39 is 9.05 Å². The third-order valence-corrected chi connectivity index (χ3v) is 4.15. The van der Waals surface area contributed by atoms with Crippen molar-refractivity contribution in [3.63, 3.8) is 0 Å². The summed E-state index contributed by atoms with van der Waals surface area (Å²) in [4.78, 5) is 0.165. The fourth-order valence-corrected chi connectivity index (χ4v) is 3.04. The van der Waals surface area contributed by atoms with Crippen LogP contribution in [0.2, 0.25) is 0 Å². The Morgan fingerprint density at radius 3 is 2.53 bits per heavy atom. The molecular formula is C14H19ClO3S. The highest BCUT2D eigenvalue weighted by Gasteiger charge is 2.20. The second-order valence-corrected chi connectivity index (χ2v) is 7.21. The van der Waals surface area contributed by atoms with E-state index in [0.29, 0.717) is 17.9 Å². The van der Waals surface area contributed by atoms with Gasteiger partial charge in [0.25, 0.3) is 9.05 Å². The van der Waals surface area contributed by atoms with E-state index in [1.807, 2.05) is 13.8 Å². The van der Waals surface area contributed by atoms with Crippen molar-refractivity contribution >= 4 is 19.7 Å². The van der Waals surface area contributed by atoms with Gasteiger partial charge in [-0.15, -0.1) is 6.58 Å². The van der Waals surface area contributed by atoms with Crippen LogP contribution in [0.25, 0.3) is 0 Å². The molecule has 0 aliphatic heterocycles. The molecule has 0 saturated heterocycles. The topological polar surface area (TPSA) is 43.4 Å². The molecule has 0 spiro atoms. The van der Waals surface area contributed by atoms with E-state index in [1.165, 1.54) is 0 Å². The van der Waals surface area contributed by atoms with E-state index in [4.69, 9.17) is 15.4 Å². The second kappa shape index (κ2) is 6.44. The molecule has 1 aromatic carbocycles. The van der Waals surface area contributed by atoms with Crippen LogP contribution in [0.1, 0.15) is 37.3 Å². The van der Waals surface area contributed by atoms with Crippen molar-refractivity contribution in [1.82, 2.24) is 0 Å². The summed E-state index contributed by atoms with van der Waals surface area (Å²) in [7, 11) is 1.73. The third kappa shape index (κ3) is 4.25. The monoisotopic (exact) mass is 302 g/mol. The molecule has 0 N–H and O–H groups in total. The lowest BCUT2D eigenvalue weighted by Crippen LogP contribution is -2.04. The van der Waals surface area contributed by atoms with Crippen molar-refractivity contribution in [2.24, 2.45) is 0 Å². The van der Waals surface area contributed by atoms with E-state index in [0.717, 1.165) is 12.0 Å². The van der Waals surface area contributed by atoms with Gasteiger partial charge in [0.2, 0.25) is 0 Å². The summed E-state index contributed by atoms with van der Waals surface area (Å²) in [5.74, 6) is 0.737. The lowest BCUT2D eigenvalue weighted by Gasteiger charge is -2.15. The quantitative estimate of drug-likeness (QED) is 0.453. The van der Waals surface area contributed by atoms with Gasteiger partial charge in [0.15, 0.2) is 0 Å². The largest absolute Gasteiger partial charge is 0.493 e. The predicted octanol–water partition coefficient (Wildman–Crippen LogP) is 4.00. The molecule has 0 fully saturated rings. The molecule has 0 aliphatic rings. The molecule has 106 valence electrons. The van der Waals surface area contributed by atoms with Crippen molar-refractivity contribution in [3.05, 3.63) is 35.9 Å². The minimum atomic E-state index is -3.74. The van der Waals surface area contributed by atoms with Crippen LogP contribution in [0.5, 0.6) is 5.75 Å². The number of hydrogen-bond donors (Lipinski definition) is 0. The summed E-state index contributed by atoms with van der Waals surface area (Å²) in [5, 5.41) is 0. The van der Waals surface area contributed by atoms with Gasteiger partial charge in [-0.05, 0) is 42.5 Å². The first-order chi connectivity index (χ1) is 8.77. The van der Waals surface area contributed by atoms with Crippen LogP contribution in [-0.4, -0.2) is 15.0 Å². The van der Waals surface area contributed by atoms with E-state index in [9.17, 15) is 8.42 Å². The van der Waals surface area contributed by atoms with Gasteiger partial charge < -0.3 is 4.74 Å². The van der Waals surface area contributed by atoms with Gasteiger partial charge in [0.1, 0.15) is 5.75 Å². The second-order valence-electron chi connectivity index (χ2n) is 4.67. The minimum Gasteiger partial charge on any atom is -0.493 e. The summed E-state index contributed by atoms with van der Waals surface area (Å²) in [6.45, 7) is 9.80. The van der Waals surface area contributed by atoms with Crippen LogP contribution >= 0.6 is 10.7 Å². The Bertz CT molecular complexity index is 562. The zero-order valence-electron chi connectivity index (χ0n) is 11.4. The van der Waals surface area contributed by atoms with Crippen LogP contribution in [0.15, 0.2) is 29.7 Å². The summed E-state index contributed by atoms with van der Waals surface area (Å²) in [6, 6.07) is 3.33. The molecule has 0 amide bonds. The van der Waals surface area contributed by atoms with Crippen molar-refractivity contribution in [3.8, 4) is 5.75 Å². The molecule has 1 aromatic rings. The number of halogens is 1. The number of aryl methyl sites for hydroxylation is 1. The smallest absolute Gasteiger partial charge is 0.261 e. The normalized spacial score (nSPS) is 11.6.